The highest BCUT2D eigenvalue weighted by Crippen LogP contribution is 2.30. The zero-order chi connectivity index (χ0) is 24.9. The first-order valence-electron chi connectivity index (χ1n) is 12.2. The fraction of sp³-hybridized carbons (Fsp3) is 0.583. The molecule has 2 saturated heterocycles. The normalized spacial score (nSPS) is 20.6. The van der Waals surface area contributed by atoms with E-state index in [0.29, 0.717) is 43.1 Å². The van der Waals surface area contributed by atoms with Gasteiger partial charge in [0.2, 0.25) is 17.7 Å². The molecule has 0 bridgehead atoms. The summed E-state index contributed by atoms with van der Waals surface area (Å²) in [6.07, 6.45) is 4.10. The Balaban J connectivity index is 1.32. The van der Waals surface area contributed by atoms with Gasteiger partial charge in [0.1, 0.15) is 18.3 Å². The van der Waals surface area contributed by atoms with Gasteiger partial charge < -0.3 is 19.1 Å². The van der Waals surface area contributed by atoms with E-state index in [4.69, 9.17) is 9.72 Å². The molecule has 11 heteroatoms. The molecule has 2 fully saturated rings. The molecular weight excluding hydrogens is 448 g/mol. The third-order valence-electron chi connectivity index (χ3n) is 7.13. The Labute approximate surface area is 204 Å². The molecule has 2 aliphatic heterocycles. The van der Waals surface area contributed by atoms with E-state index in [9.17, 15) is 9.59 Å². The summed E-state index contributed by atoms with van der Waals surface area (Å²) < 4.78 is 10.1. The summed E-state index contributed by atoms with van der Waals surface area (Å²) in [5, 5.41) is 4.44. The number of rotatable bonds is 6. The maximum Gasteiger partial charge on any atom is 0.245 e. The minimum Gasteiger partial charge on any atom is -0.471 e. The van der Waals surface area contributed by atoms with Crippen molar-refractivity contribution in [3.63, 3.8) is 0 Å². The molecule has 2 amide bonds. The predicted molar refractivity (Wildman–Crippen MR) is 129 cm³/mol. The van der Waals surface area contributed by atoms with Crippen LogP contribution in [-0.4, -0.2) is 82.7 Å². The first-order chi connectivity index (χ1) is 16.8. The van der Waals surface area contributed by atoms with E-state index in [2.05, 4.69) is 22.0 Å². The van der Waals surface area contributed by atoms with E-state index >= 15 is 0 Å². The number of hydrogen-bond acceptors (Lipinski definition) is 7. The molecule has 186 valence electrons. The van der Waals surface area contributed by atoms with Crippen LogP contribution in [0.4, 0.5) is 0 Å². The van der Waals surface area contributed by atoms with Gasteiger partial charge in [0, 0.05) is 51.3 Å². The first-order valence-corrected chi connectivity index (χ1v) is 12.2. The predicted octanol–water partition coefficient (Wildman–Crippen LogP) is 1.79. The second kappa shape index (κ2) is 8.94. The number of nitrogens with zero attached hydrogens (tertiary/aromatic N) is 8. The van der Waals surface area contributed by atoms with Gasteiger partial charge in [0.05, 0.1) is 24.2 Å². The van der Waals surface area contributed by atoms with Gasteiger partial charge in [-0.3, -0.25) is 14.3 Å². The second-order valence-electron chi connectivity index (χ2n) is 9.66. The van der Waals surface area contributed by atoms with Crippen LogP contribution in [0.5, 0.6) is 5.88 Å². The minimum atomic E-state index is -0.278. The van der Waals surface area contributed by atoms with E-state index in [0.717, 1.165) is 23.6 Å². The monoisotopic (exact) mass is 480 g/mol. The summed E-state index contributed by atoms with van der Waals surface area (Å²) in [5.41, 5.74) is 3.25. The molecule has 11 nitrogen and oxygen atoms in total. The van der Waals surface area contributed by atoms with Gasteiger partial charge in [-0.1, -0.05) is 0 Å². The highest BCUT2D eigenvalue weighted by Gasteiger charge is 2.39. The molecule has 5 heterocycles. The molecule has 0 spiro atoms. The zero-order valence-electron chi connectivity index (χ0n) is 20.9. The number of fused-ring (bicyclic) bond motifs is 1. The van der Waals surface area contributed by atoms with Crippen molar-refractivity contribution in [3.8, 4) is 17.3 Å². The Morgan fingerprint density at radius 1 is 1.26 bits per heavy atom. The molecule has 0 N–H and O–H groups in total. The average molecular weight is 481 g/mol. The zero-order valence-corrected chi connectivity index (χ0v) is 20.9. The maximum absolute atomic E-state index is 13.1. The number of hydrogen-bond donors (Lipinski definition) is 0. The largest absolute Gasteiger partial charge is 0.471 e. The molecule has 0 radical (unpaired) electrons. The van der Waals surface area contributed by atoms with Gasteiger partial charge in [-0.05, 0) is 27.7 Å². The van der Waals surface area contributed by atoms with Crippen LogP contribution in [0.3, 0.4) is 0 Å². The summed E-state index contributed by atoms with van der Waals surface area (Å²) in [5.74, 6) is 0.980. The van der Waals surface area contributed by atoms with Gasteiger partial charge in [0.25, 0.3) is 0 Å². The quantitative estimate of drug-likeness (QED) is 0.529. The van der Waals surface area contributed by atoms with Gasteiger partial charge in [0.15, 0.2) is 11.2 Å². The molecule has 3 aromatic heterocycles. The van der Waals surface area contributed by atoms with Crippen LogP contribution >= 0.6 is 0 Å². The highest BCUT2D eigenvalue weighted by atomic mass is 16.5. The van der Waals surface area contributed by atoms with Crippen molar-refractivity contribution in [2.45, 2.75) is 59.2 Å². The fourth-order valence-corrected chi connectivity index (χ4v) is 5.13. The van der Waals surface area contributed by atoms with E-state index in [1.807, 2.05) is 48.2 Å². The van der Waals surface area contributed by atoms with E-state index < -0.39 is 0 Å². The number of ether oxygens (including phenoxy) is 1. The van der Waals surface area contributed by atoms with Crippen LogP contribution in [0.25, 0.3) is 22.6 Å². The van der Waals surface area contributed by atoms with Crippen LogP contribution in [0, 0.1) is 12.8 Å². The highest BCUT2D eigenvalue weighted by molar-refractivity contribution is 5.89. The van der Waals surface area contributed by atoms with Gasteiger partial charge in [-0.15, -0.1) is 0 Å². The average Bonchev–Trinajstić information content (AvgIpc) is 3.60. The number of imidazole rings is 1. The molecule has 0 aliphatic carbocycles. The van der Waals surface area contributed by atoms with Crippen LogP contribution in [0.2, 0.25) is 0 Å². The summed E-state index contributed by atoms with van der Waals surface area (Å²) in [6, 6.07) is 0.110. The van der Waals surface area contributed by atoms with Crippen molar-refractivity contribution in [3.05, 3.63) is 18.2 Å². The lowest BCUT2D eigenvalue weighted by Crippen LogP contribution is -2.38. The van der Waals surface area contributed by atoms with Crippen molar-refractivity contribution in [2.75, 3.05) is 19.6 Å². The van der Waals surface area contributed by atoms with Gasteiger partial charge in [-0.2, -0.15) is 10.1 Å². The first kappa shape index (κ1) is 23.3. The minimum absolute atomic E-state index is 0.0315. The summed E-state index contributed by atoms with van der Waals surface area (Å²) in [7, 11) is 1.92. The lowest BCUT2D eigenvalue weighted by molar-refractivity contribution is -0.135. The molecule has 0 saturated carbocycles. The number of aromatic nitrogens is 6. The van der Waals surface area contributed by atoms with Crippen molar-refractivity contribution >= 4 is 23.0 Å². The van der Waals surface area contributed by atoms with E-state index in [1.54, 1.807) is 4.90 Å². The van der Waals surface area contributed by atoms with Crippen LogP contribution in [-0.2, 0) is 23.2 Å². The molecule has 5 rings (SSSR count). The Bertz CT molecular complexity index is 1280. The number of carbonyl (C=O) groups excluding carboxylic acids is 2. The Kier molecular flexibility index (Phi) is 5.94. The Morgan fingerprint density at radius 2 is 2.06 bits per heavy atom. The molecule has 3 aromatic rings. The third kappa shape index (κ3) is 4.02. The molecular formula is C24H32N8O3. The molecule has 1 unspecified atom stereocenters. The van der Waals surface area contributed by atoms with Gasteiger partial charge >= 0.3 is 0 Å². The lowest BCUT2D eigenvalue weighted by atomic mass is 10.1. The topological polar surface area (TPSA) is 111 Å². The molecule has 2 atom stereocenters. The fourth-order valence-electron chi connectivity index (χ4n) is 5.13. The van der Waals surface area contributed by atoms with Crippen LogP contribution in [0.15, 0.2) is 12.5 Å². The van der Waals surface area contributed by atoms with Crippen molar-refractivity contribution in [1.29, 1.82) is 0 Å². The summed E-state index contributed by atoms with van der Waals surface area (Å²) >= 11 is 0. The molecule has 2 aliphatic rings. The van der Waals surface area contributed by atoms with Crippen molar-refractivity contribution < 1.29 is 14.3 Å². The molecule has 35 heavy (non-hydrogen) atoms. The van der Waals surface area contributed by atoms with Crippen molar-refractivity contribution in [2.24, 2.45) is 13.0 Å². The van der Waals surface area contributed by atoms with Crippen molar-refractivity contribution in [1.82, 2.24) is 39.1 Å². The molecule has 0 aromatic carbocycles. The van der Waals surface area contributed by atoms with E-state index in [1.165, 1.54) is 6.33 Å². The summed E-state index contributed by atoms with van der Waals surface area (Å²) in [4.78, 5) is 42.5. The van der Waals surface area contributed by atoms with Crippen LogP contribution in [0.1, 0.15) is 39.3 Å². The Morgan fingerprint density at radius 3 is 2.74 bits per heavy atom. The number of amides is 2. The lowest BCUT2D eigenvalue weighted by Gasteiger charge is -2.23. The SMILES string of the molecule is CCn1ncc(-c2nc3c(O[C@H]4CCN(C(=O)C5CC(=O)N(C(C)C)C5)C4)ncnc3n2C)c1C. The van der Waals surface area contributed by atoms with Crippen LogP contribution < -0.4 is 4.74 Å². The smallest absolute Gasteiger partial charge is 0.245 e. The number of aryl methyl sites for hydroxylation is 2. The van der Waals surface area contributed by atoms with E-state index in [-0.39, 0.29) is 36.3 Å². The Hall–Kier alpha value is -3.50. The number of likely N-dealkylation sites (tertiary alicyclic amines) is 2. The summed E-state index contributed by atoms with van der Waals surface area (Å²) in [6.45, 7) is 10.4. The number of carbonyl (C=O) groups is 2. The van der Waals surface area contributed by atoms with Gasteiger partial charge in [-0.25, -0.2) is 9.97 Å². The second-order valence-corrected chi connectivity index (χ2v) is 9.66. The standard InChI is InChI=1S/C24H32N8O3/c1-6-32-15(4)18(10-27-32)21-28-20-22(29(21)5)25-13-26-23(20)35-17-7-8-30(12-17)24(34)16-9-19(33)31(11-16)14(2)3/h10,13-14,16-17H,6-9,11-12H2,1-5H3/t16?,17-/m0/s1. The third-order valence-corrected chi connectivity index (χ3v) is 7.13. The maximum atomic E-state index is 13.1.